The minimum absolute atomic E-state index is 0.631. The van der Waals surface area contributed by atoms with Gasteiger partial charge in [-0.1, -0.05) is 0 Å². The Morgan fingerprint density at radius 2 is 2.57 bits per heavy atom. The van der Waals surface area contributed by atoms with Gasteiger partial charge in [0.2, 0.25) is 0 Å². The molecule has 0 amide bonds. The summed E-state index contributed by atoms with van der Waals surface area (Å²) < 4.78 is 0. The Kier molecular flexibility index (Phi) is 1.21. The van der Waals surface area contributed by atoms with E-state index in [0.717, 1.165) is 11.6 Å². The molecular formula is C3H6N2O2. The molecule has 1 rings (SSSR count). The van der Waals surface area contributed by atoms with Crippen LogP contribution < -0.4 is 0 Å². The van der Waals surface area contributed by atoms with Gasteiger partial charge in [-0.25, -0.2) is 0 Å². The molecule has 1 fully saturated rings. The number of nitrogens with zero attached hydrogens (tertiary/aromatic N) is 2. The van der Waals surface area contributed by atoms with Crippen molar-refractivity contribution in [3.05, 3.63) is 4.91 Å². The molecule has 1 heterocycles. The molecule has 0 bridgehead atoms. The minimum atomic E-state index is 0.631. The molecule has 40 valence electrons. The first-order valence-corrected chi connectivity index (χ1v) is 2.17. The molecule has 0 atom stereocenters. The van der Waals surface area contributed by atoms with Crippen LogP contribution in [0.3, 0.4) is 0 Å². The second kappa shape index (κ2) is 1.88. The maximum atomic E-state index is 9.56. The lowest BCUT2D eigenvalue weighted by molar-refractivity contribution is -0.110. The summed E-state index contributed by atoms with van der Waals surface area (Å²) in [5, 5.41) is 3.60. The van der Waals surface area contributed by atoms with Crippen molar-refractivity contribution in [3.63, 3.8) is 0 Å². The van der Waals surface area contributed by atoms with Crippen molar-refractivity contribution in [1.82, 2.24) is 5.17 Å². The summed E-state index contributed by atoms with van der Waals surface area (Å²) in [6.07, 6.45) is 0.908. The van der Waals surface area contributed by atoms with Gasteiger partial charge < -0.3 is 0 Å². The zero-order chi connectivity index (χ0) is 5.11. The van der Waals surface area contributed by atoms with Crippen LogP contribution in [0.4, 0.5) is 0 Å². The maximum Gasteiger partial charge on any atom is 0.0789 e. The van der Waals surface area contributed by atoms with E-state index in [4.69, 9.17) is 0 Å². The Hall–Kier alpha value is -0.640. The lowest BCUT2D eigenvalue weighted by Crippen LogP contribution is -2.07. The normalized spacial score (nSPS) is 20.3. The molecule has 0 radical (unpaired) electrons. The predicted octanol–water partition coefficient (Wildman–Crippen LogP) is 0.305. The van der Waals surface area contributed by atoms with E-state index < -0.39 is 0 Å². The summed E-state index contributed by atoms with van der Waals surface area (Å²) in [6, 6.07) is 0. The highest BCUT2D eigenvalue weighted by molar-refractivity contribution is 4.45. The SMILES string of the molecule is O=NN1CCCO1. The van der Waals surface area contributed by atoms with E-state index in [1.807, 2.05) is 0 Å². The Balaban J connectivity index is 2.26. The van der Waals surface area contributed by atoms with Crippen LogP contribution >= 0.6 is 0 Å². The smallest absolute Gasteiger partial charge is 0.0789 e. The summed E-state index contributed by atoms with van der Waals surface area (Å²) in [4.78, 5) is 14.2. The number of nitroso groups, excluding NO2 is 1. The van der Waals surface area contributed by atoms with Gasteiger partial charge in [0.05, 0.1) is 18.4 Å². The van der Waals surface area contributed by atoms with Gasteiger partial charge in [0.15, 0.2) is 0 Å². The second-order valence-corrected chi connectivity index (χ2v) is 1.34. The Morgan fingerprint density at radius 3 is 2.86 bits per heavy atom. The molecule has 0 spiro atoms. The molecule has 0 aromatic heterocycles. The molecule has 4 nitrogen and oxygen atoms in total. The summed E-state index contributed by atoms with van der Waals surface area (Å²) in [5.41, 5.74) is 0. The predicted molar refractivity (Wildman–Crippen MR) is 23.1 cm³/mol. The van der Waals surface area contributed by atoms with Gasteiger partial charge in [-0.05, 0) is 6.42 Å². The molecule has 0 aromatic rings. The lowest BCUT2D eigenvalue weighted by atomic mass is 10.5. The van der Waals surface area contributed by atoms with Crippen molar-refractivity contribution < 1.29 is 4.84 Å². The van der Waals surface area contributed by atoms with Crippen LogP contribution in [0.25, 0.3) is 0 Å². The third-order valence-electron chi connectivity index (χ3n) is 0.825. The quantitative estimate of drug-likeness (QED) is 0.447. The molecule has 1 aliphatic heterocycles. The van der Waals surface area contributed by atoms with Crippen molar-refractivity contribution >= 4 is 0 Å². The van der Waals surface area contributed by atoms with Crippen LogP contribution in [0.2, 0.25) is 0 Å². The van der Waals surface area contributed by atoms with Crippen LogP contribution in [0, 0.1) is 4.91 Å². The number of hydroxylamine groups is 1. The van der Waals surface area contributed by atoms with Crippen LogP contribution in [-0.4, -0.2) is 18.3 Å². The molecule has 0 unspecified atom stereocenters. The average molecular weight is 102 g/mol. The van der Waals surface area contributed by atoms with E-state index in [1.165, 1.54) is 0 Å². The van der Waals surface area contributed by atoms with E-state index in [2.05, 4.69) is 10.1 Å². The van der Waals surface area contributed by atoms with E-state index in [0.29, 0.717) is 13.2 Å². The Bertz CT molecular complexity index is 69.3. The van der Waals surface area contributed by atoms with Crippen molar-refractivity contribution in [3.8, 4) is 0 Å². The van der Waals surface area contributed by atoms with E-state index in [9.17, 15) is 4.91 Å². The largest absolute Gasteiger partial charge is 0.254 e. The summed E-state index contributed by atoms with van der Waals surface area (Å²) in [5.74, 6) is 0. The zero-order valence-corrected chi connectivity index (χ0v) is 3.83. The first kappa shape index (κ1) is 4.52. The Labute approximate surface area is 41.0 Å². The number of hydrogen-bond donors (Lipinski definition) is 0. The van der Waals surface area contributed by atoms with Gasteiger partial charge in [-0.15, -0.1) is 10.1 Å². The highest BCUT2D eigenvalue weighted by atomic mass is 16.7. The first-order valence-electron chi connectivity index (χ1n) is 2.17. The van der Waals surface area contributed by atoms with E-state index in [1.54, 1.807) is 0 Å². The van der Waals surface area contributed by atoms with Crippen molar-refractivity contribution in [2.75, 3.05) is 13.2 Å². The Morgan fingerprint density at radius 1 is 1.71 bits per heavy atom. The summed E-state index contributed by atoms with van der Waals surface area (Å²) >= 11 is 0. The van der Waals surface area contributed by atoms with Gasteiger partial charge >= 0.3 is 0 Å². The number of rotatable bonds is 1. The third-order valence-corrected chi connectivity index (χ3v) is 0.825. The van der Waals surface area contributed by atoms with E-state index in [-0.39, 0.29) is 0 Å². The molecule has 7 heavy (non-hydrogen) atoms. The van der Waals surface area contributed by atoms with Crippen LogP contribution in [-0.2, 0) is 4.84 Å². The molecule has 0 aliphatic carbocycles. The number of hydrogen-bond acceptors (Lipinski definition) is 3. The fourth-order valence-electron chi connectivity index (χ4n) is 0.499. The van der Waals surface area contributed by atoms with Crippen molar-refractivity contribution in [1.29, 1.82) is 0 Å². The third kappa shape index (κ3) is 0.866. The van der Waals surface area contributed by atoms with Crippen LogP contribution in [0.15, 0.2) is 5.29 Å². The molecule has 0 aromatic carbocycles. The topological polar surface area (TPSA) is 41.9 Å². The monoisotopic (exact) mass is 102 g/mol. The molecule has 1 aliphatic rings. The molecule has 0 saturated carbocycles. The van der Waals surface area contributed by atoms with Crippen LogP contribution in [0.1, 0.15) is 6.42 Å². The average Bonchev–Trinajstić information content (AvgIpc) is 2.14. The van der Waals surface area contributed by atoms with Gasteiger partial charge in [0.1, 0.15) is 0 Å². The standard InChI is InChI=1S/C3H6N2O2/c6-4-5-2-1-3-7-5/h1-3H2. The zero-order valence-electron chi connectivity index (χ0n) is 3.83. The minimum Gasteiger partial charge on any atom is -0.254 e. The molecule has 0 N–H and O–H groups in total. The molecule has 4 heteroatoms. The highest BCUT2D eigenvalue weighted by Crippen LogP contribution is 2.02. The summed E-state index contributed by atoms with van der Waals surface area (Å²) in [7, 11) is 0. The molecule has 1 saturated heterocycles. The van der Waals surface area contributed by atoms with Gasteiger partial charge in [-0.3, -0.25) is 4.84 Å². The highest BCUT2D eigenvalue weighted by Gasteiger charge is 2.09. The van der Waals surface area contributed by atoms with Gasteiger partial charge in [0, 0.05) is 0 Å². The molecular weight excluding hydrogens is 96.0 g/mol. The van der Waals surface area contributed by atoms with E-state index >= 15 is 0 Å². The first-order chi connectivity index (χ1) is 3.43. The van der Waals surface area contributed by atoms with Gasteiger partial charge in [-0.2, -0.15) is 0 Å². The van der Waals surface area contributed by atoms with Crippen molar-refractivity contribution in [2.24, 2.45) is 5.29 Å². The lowest BCUT2D eigenvalue weighted by Gasteiger charge is -1.99. The fraction of sp³-hybridized carbons (Fsp3) is 1.00. The summed E-state index contributed by atoms with van der Waals surface area (Å²) in [6.45, 7) is 1.27. The second-order valence-electron chi connectivity index (χ2n) is 1.34. The maximum absolute atomic E-state index is 9.56. The van der Waals surface area contributed by atoms with Crippen LogP contribution in [0.5, 0.6) is 0 Å². The fourth-order valence-corrected chi connectivity index (χ4v) is 0.499. The van der Waals surface area contributed by atoms with Crippen molar-refractivity contribution in [2.45, 2.75) is 6.42 Å². The van der Waals surface area contributed by atoms with Gasteiger partial charge in [0.25, 0.3) is 0 Å².